The molecule has 0 heterocycles. The van der Waals surface area contributed by atoms with Gasteiger partial charge in [0.1, 0.15) is 5.82 Å². The van der Waals surface area contributed by atoms with E-state index in [1.165, 1.54) is 12.1 Å². The van der Waals surface area contributed by atoms with E-state index in [2.05, 4.69) is 18.6 Å². The van der Waals surface area contributed by atoms with E-state index in [0.29, 0.717) is 12.3 Å². The molecule has 0 amide bonds. The predicted molar refractivity (Wildman–Crippen MR) is 80.8 cm³/mol. The highest BCUT2D eigenvalue weighted by Gasteiger charge is 2.15. The van der Waals surface area contributed by atoms with Crippen LogP contribution in [0.3, 0.4) is 0 Å². The van der Waals surface area contributed by atoms with Crippen LogP contribution in [-0.2, 0) is 10.0 Å². The standard InChI is InChI=1S/C15H22FNO3S/c1-3-12(2)5-4-6-14(18)11-17-21(19,20)15-9-7-13(16)8-10-15/h4-5,7-10,12,14,17-18H,3,6,11H2,1-2H3/t12-,14?/m0/s1. The van der Waals surface area contributed by atoms with Crippen LogP contribution in [-0.4, -0.2) is 26.2 Å². The van der Waals surface area contributed by atoms with Crippen LogP contribution in [0, 0.1) is 11.7 Å². The fourth-order valence-electron chi connectivity index (χ4n) is 1.59. The number of hydrogen-bond acceptors (Lipinski definition) is 3. The summed E-state index contributed by atoms with van der Waals surface area (Å²) in [7, 11) is -3.72. The highest BCUT2D eigenvalue weighted by atomic mass is 32.2. The summed E-state index contributed by atoms with van der Waals surface area (Å²) < 4.78 is 38.9. The third kappa shape index (κ3) is 6.37. The summed E-state index contributed by atoms with van der Waals surface area (Å²) in [6, 6.07) is 4.54. The lowest BCUT2D eigenvalue weighted by Gasteiger charge is -2.11. The molecule has 0 radical (unpaired) electrons. The smallest absolute Gasteiger partial charge is 0.240 e. The Kier molecular flexibility index (Phi) is 7.01. The molecule has 0 saturated carbocycles. The van der Waals surface area contributed by atoms with Gasteiger partial charge in [-0.3, -0.25) is 0 Å². The van der Waals surface area contributed by atoms with Crippen LogP contribution < -0.4 is 4.72 Å². The zero-order valence-corrected chi connectivity index (χ0v) is 13.1. The number of nitrogens with one attached hydrogen (secondary N) is 1. The minimum atomic E-state index is -3.72. The lowest BCUT2D eigenvalue weighted by atomic mass is 10.1. The first kappa shape index (κ1) is 17.8. The van der Waals surface area contributed by atoms with Gasteiger partial charge in [-0.15, -0.1) is 0 Å². The van der Waals surface area contributed by atoms with Crippen LogP contribution in [0.4, 0.5) is 4.39 Å². The van der Waals surface area contributed by atoms with Crippen molar-refractivity contribution in [2.75, 3.05) is 6.54 Å². The molecule has 1 rings (SSSR count). The van der Waals surface area contributed by atoms with Crippen molar-refractivity contribution < 1.29 is 17.9 Å². The molecule has 0 aliphatic carbocycles. The molecule has 0 aromatic heterocycles. The number of hydrogen-bond donors (Lipinski definition) is 2. The van der Waals surface area contributed by atoms with Gasteiger partial charge in [-0.1, -0.05) is 32.4 Å². The van der Waals surface area contributed by atoms with Gasteiger partial charge in [0.25, 0.3) is 0 Å². The van der Waals surface area contributed by atoms with Gasteiger partial charge in [-0.05, 0) is 36.6 Å². The van der Waals surface area contributed by atoms with Crippen molar-refractivity contribution in [2.24, 2.45) is 5.92 Å². The molecule has 4 nitrogen and oxygen atoms in total. The van der Waals surface area contributed by atoms with E-state index in [1.807, 2.05) is 12.2 Å². The van der Waals surface area contributed by atoms with E-state index in [-0.39, 0.29) is 11.4 Å². The number of aliphatic hydroxyl groups is 1. The van der Waals surface area contributed by atoms with Crippen molar-refractivity contribution in [1.29, 1.82) is 0 Å². The topological polar surface area (TPSA) is 66.4 Å². The number of aliphatic hydroxyl groups excluding tert-OH is 1. The normalized spacial score (nSPS) is 15.2. The van der Waals surface area contributed by atoms with Crippen molar-refractivity contribution >= 4 is 10.0 Å². The predicted octanol–water partition coefficient (Wildman–Crippen LogP) is 2.46. The average molecular weight is 315 g/mol. The molecule has 0 aliphatic rings. The molecule has 6 heteroatoms. The summed E-state index contributed by atoms with van der Waals surface area (Å²) >= 11 is 0. The lowest BCUT2D eigenvalue weighted by molar-refractivity contribution is 0.181. The minimum Gasteiger partial charge on any atom is -0.391 e. The molecule has 1 aromatic carbocycles. The summed E-state index contributed by atoms with van der Waals surface area (Å²) in [5.74, 6) is -0.0581. The van der Waals surface area contributed by atoms with E-state index in [0.717, 1.165) is 18.6 Å². The molecular weight excluding hydrogens is 293 g/mol. The Bertz CT molecular complexity index is 555. The Hall–Kier alpha value is -1.24. The van der Waals surface area contributed by atoms with Gasteiger partial charge in [0.2, 0.25) is 10.0 Å². The molecule has 0 bridgehead atoms. The van der Waals surface area contributed by atoms with E-state index >= 15 is 0 Å². The summed E-state index contributed by atoms with van der Waals surface area (Å²) in [6.07, 6.45) is 4.46. The first-order valence-corrected chi connectivity index (χ1v) is 8.43. The van der Waals surface area contributed by atoms with Crippen LogP contribution >= 0.6 is 0 Å². The highest BCUT2D eigenvalue weighted by Crippen LogP contribution is 2.10. The maximum absolute atomic E-state index is 12.8. The maximum atomic E-state index is 12.8. The van der Waals surface area contributed by atoms with Gasteiger partial charge in [0.05, 0.1) is 11.0 Å². The van der Waals surface area contributed by atoms with Gasteiger partial charge in [-0.2, -0.15) is 0 Å². The number of rotatable bonds is 8. The van der Waals surface area contributed by atoms with Gasteiger partial charge < -0.3 is 5.11 Å². The maximum Gasteiger partial charge on any atom is 0.240 e. The second-order valence-electron chi connectivity index (χ2n) is 5.01. The summed E-state index contributed by atoms with van der Waals surface area (Å²) in [6.45, 7) is 4.06. The fraction of sp³-hybridized carbons (Fsp3) is 0.467. The van der Waals surface area contributed by atoms with Crippen LogP contribution in [0.1, 0.15) is 26.7 Å². The lowest BCUT2D eigenvalue weighted by Crippen LogP contribution is -2.31. The number of halogens is 1. The van der Waals surface area contributed by atoms with Gasteiger partial charge in [0.15, 0.2) is 0 Å². The monoisotopic (exact) mass is 315 g/mol. The summed E-state index contributed by atoms with van der Waals surface area (Å²) in [4.78, 5) is -0.0220. The van der Waals surface area contributed by atoms with Gasteiger partial charge in [0, 0.05) is 6.54 Å². The third-order valence-electron chi connectivity index (χ3n) is 3.15. The molecule has 0 aliphatic heterocycles. The highest BCUT2D eigenvalue weighted by molar-refractivity contribution is 7.89. The Morgan fingerprint density at radius 2 is 1.95 bits per heavy atom. The van der Waals surface area contributed by atoms with Crippen LogP contribution in [0.2, 0.25) is 0 Å². The number of allylic oxidation sites excluding steroid dienone is 1. The van der Waals surface area contributed by atoms with Crippen molar-refractivity contribution in [1.82, 2.24) is 4.72 Å². The molecule has 2 atom stereocenters. The summed E-state index contributed by atoms with van der Waals surface area (Å²) in [5.41, 5.74) is 0. The van der Waals surface area contributed by atoms with Crippen molar-refractivity contribution in [2.45, 2.75) is 37.7 Å². The molecule has 118 valence electrons. The number of benzene rings is 1. The molecule has 0 fully saturated rings. The molecule has 0 saturated heterocycles. The quantitative estimate of drug-likeness (QED) is 0.724. The third-order valence-corrected chi connectivity index (χ3v) is 4.59. The van der Waals surface area contributed by atoms with Gasteiger partial charge >= 0.3 is 0 Å². The first-order valence-electron chi connectivity index (χ1n) is 6.95. The second-order valence-corrected chi connectivity index (χ2v) is 6.78. The van der Waals surface area contributed by atoms with Crippen molar-refractivity contribution in [3.05, 3.63) is 42.2 Å². The average Bonchev–Trinajstić information content (AvgIpc) is 2.45. The van der Waals surface area contributed by atoms with Crippen LogP contribution in [0.15, 0.2) is 41.3 Å². The SMILES string of the molecule is CC[C@H](C)C=CCC(O)CNS(=O)(=O)c1ccc(F)cc1. The second kappa shape index (κ2) is 8.26. The molecule has 2 N–H and O–H groups in total. The van der Waals surface area contributed by atoms with Crippen LogP contribution in [0.25, 0.3) is 0 Å². The van der Waals surface area contributed by atoms with E-state index in [4.69, 9.17) is 0 Å². The molecular formula is C15H22FNO3S. The Balaban J connectivity index is 2.50. The minimum absolute atomic E-state index is 0.0220. The Morgan fingerprint density at radius 1 is 1.33 bits per heavy atom. The van der Waals surface area contributed by atoms with Crippen LogP contribution in [0.5, 0.6) is 0 Å². The Labute approximate surface area is 125 Å². The summed E-state index contributed by atoms with van der Waals surface area (Å²) in [5, 5.41) is 9.75. The zero-order chi connectivity index (χ0) is 15.9. The fourth-order valence-corrected chi connectivity index (χ4v) is 2.66. The molecule has 21 heavy (non-hydrogen) atoms. The van der Waals surface area contributed by atoms with Gasteiger partial charge in [-0.25, -0.2) is 17.5 Å². The number of sulfonamides is 1. The van der Waals surface area contributed by atoms with Crippen molar-refractivity contribution in [3.63, 3.8) is 0 Å². The van der Waals surface area contributed by atoms with E-state index in [9.17, 15) is 17.9 Å². The first-order chi connectivity index (χ1) is 9.85. The largest absolute Gasteiger partial charge is 0.391 e. The van der Waals surface area contributed by atoms with E-state index in [1.54, 1.807) is 0 Å². The van der Waals surface area contributed by atoms with E-state index < -0.39 is 21.9 Å². The Morgan fingerprint density at radius 3 is 2.52 bits per heavy atom. The molecule has 0 spiro atoms. The zero-order valence-electron chi connectivity index (χ0n) is 12.3. The molecule has 1 unspecified atom stereocenters. The molecule has 1 aromatic rings. The van der Waals surface area contributed by atoms with Crippen molar-refractivity contribution in [3.8, 4) is 0 Å².